The van der Waals surface area contributed by atoms with Gasteiger partial charge in [-0.2, -0.15) is 5.10 Å². The Hall–Kier alpha value is -2.44. The molecule has 0 amide bonds. The molecular formula is C14H9F4N3. The highest BCUT2D eigenvalue weighted by Crippen LogP contribution is 2.21. The molecule has 0 fully saturated rings. The van der Waals surface area contributed by atoms with Crippen molar-refractivity contribution in [2.45, 2.75) is 13.5 Å². The van der Waals surface area contributed by atoms with Gasteiger partial charge in [0.1, 0.15) is 11.6 Å². The number of rotatable bonds is 2. The Morgan fingerprint density at radius 1 is 1.10 bits per heavy atom. The van der Waals surface area contributed by atoms with Gasteiger partial charge in [-0.15, -0.1) is 0 Å². The molecule has 1 aromatic carbocycles. The van der Waals surface area contributed by atoms with E-state index < -0.39 is 28.8 Å². The van der Waals surface area contributed by atoms with Crippen molar-refractivity contribution in [3.8, 4) is 0 Å². The van der Waals surface area contributed by atoms with Crippen molar-refractivity contribution in [3.05, 3.63) is 58.9 Å². The summed E-state index contributed by atoms with van der Waals surface area (Å²) in [5, 5.41) is 4.51. The highest BCUT2D eigenvalue weighted by Gasteiger charge is 2.17. The van der Waals surface area contributed by atoms with Crippen LogP contribution in [0.4, 0.5) is 17.6 Å². The maximum atomic E-state index is 13.7. The molecule has 0 aliphatic heterocycles. The lowest BCUT2D eigenvalue weighted by atomic mass is 10.2. The first-order valence-corrected chi connectivity index (χ1v) is 6.08. The minimum absolute atomic E-state index is 0.275. The topological polar surface area (TPSA) is 30.7 Å². The standard InChI is InChI=1S/C14H9F4N3/c1-7-9-4-8(15)5-19-14(9)21(20-7)6-10-11(16)2-3-12(17)13(10)18/h2-5H,6H2,1H3. The molecule has 3 rings (SSSR count). The van der Waals surface area contributed by atoms with E-state index in [0.29, 0.717) is 17.1 Å². The van der Waals surface area contributed by atoms with Crippen LogP contribution in [-0.4, -0.2) is 14.8 Å². The van der Waals surface area contributed by atoms with Crippen molar-refractivity contribution in [3.63, 3.8) is 0 Å². The van der Waals surface area contributed by atoms with E-state index in [2.05, 4.69) is 10.1 Å². The van der Waals surface area contributed by atoms with Gasteiger partial charge >= 0.3 is 0 Å². The van der Waals surface area contributed by atoms with Crippen molar-refractivity contribution in [1.29, 1.82) is 0 Å². The summed E-state index contributed by atoms with van der Waals surface area (Å²) in [6.45, 7) is 1.29. The van der Waals surface area contributed by atoms with E-state index in [4.69, 9.17) is 0 Å². The third kappa shape index (κ3) is 2.24. The van der Waals surface area contributed by atoms with Crippen LogP contribution in [0.2, 0.25) is 0 Å². The molecule has 7 heteroatoms. The molecule has 21 heavy (non-hydrogen) atoms. The normalized spacial score (nSPS) is 11.3. The fraction of sp³-hybridized carbons (Fsp3) is 0.143. The molecule has 0 radical (unpaired) electrons. The maximum Gasteiger partial charge on any atom is 0.166 e. The molecule has 0 N–H and O–H groups in total. The minimum Gasteiger partial charge on any atom is -0.242 e. The van der Waals surface area contributed by atoms with Crippen molar-refractivity contribution >= 4 is 11.0 Å². The zero-order chi connectivity index (χ0) is 15.1. The summed E-state index contributed by atoms with van der Waals surface area (Å²) in [6, 6.07) is 2.80. The number of halogens is 4. The summed E-state index contributed by atoms with van der Waals surface area (Å²) in [4.78, 5) is 3.87. The van der Waals surface area contributed by atoms with E-state index >= 15 is 0 Å². The predicted octanol–water partition coefficient (Wildman–Crippen LogP) is 3.34. The van der Waals surface area contributed by atoms with Gasteiger partial charge in [0.25, 0.3) is 0 Å². The van der Waals surface area contributed by atoms with Crippen LogP contribution < -0.4 is 0 Å². The molecule has 0 saturated carbocycles. The highest BCUT2D eigenvalue weighted by molar-refractivity contribution is 5.78. The molecule has 0 aliphatic carbocycles. The summed E-state index contributed by atoms with van der Waals surface area (Å²) in [7, 11) is 0. The predicted molar refractivity (Wildman–Crippen MR) is 67.6 cm³/mol. The Labute approximate surface area is 116 Å². The number of benzene rings is 1. The molecule has 0 bridgehead atoms. The Balaban J connectivity index is 2.13. The largest absolute Gasteiger partial charge is 0.242 e. The molecule has 2 heterocycles. The molecule has 0 saturated heterocycles. The van der Waals surface area contributed by atoms with Crippen LogP contribution in [0.3, 0.4) is 0 Å². The number of aromatic nitrogens is 3. The van der Waals surface area contributed by atoms with Gasteiger partial charge in [-0.3, -0.25) is 0 Å². The van der Waals surface area contributed by atoms with Gasteiger partial charge in [0.05, 0.1) is 18.4 Å². The van der Waals surface area contributed by atoms with Gasteiger partial charge < -0.3 is 0 Å². The molecule has 3 nitrogen and oxygen atoms in total. The first kappa shape index (κ1) is 13.5. The Morgan fingerprint density at radius 2 is 1.81 bits per heavy atom. The van der Waals surface area contributed by atoms with Crippen LogP contribution in [0.25, 0.3) is 11.0 Å². The molecule has 3 aromatic rings. The second-order valence-corrected chi connectivity index (χ2v) is 4.59. The third-order valence-corrected chi connectivity index (χ3v) is 3.19. The zero-order valence-electron chi connectivity index (χ0n) is 10.9. The average Bonchev–Trinajstić information content (AvgIpc) is 2.75. The van der Waals surface area contributed by atoms with E-state index in [9.17, 15) is 17.6 Å². The van der Waals surface area contributed by atoms with E-state index in [1.54, 1.807) is 6.92 Å². The van der Waals surface area contributed by atoms with Gasteiger partial charge in [-0.25, -0.2) is 27.2 Å². The lowest BCUT2D eigenvalue weighted by Crippen LogP contribution is -2.08. The number of fused-ring (bicyclic) bond motifs is 1. The van der Waals surface area contributed by atoms with Crippen LogP contribution >= 0.6 is 0 Å². The van der Waals surface area contributed by atoms with Gasteiger partial charge in [0.2, 0.25) is 0 Å². The molecule has 0 spiro atoms. The van der Waals surface area contributed by atoms with Crippen LogP contribution in [0, 0.1) is 30.2 Å². The second kappa shape index (κ2) is 4.83. The van der Waals surface area contributed by atoms with Crippen LogP contribution in [0.5, 0.6) is 0 Å². The van der Waals surface area contributed by atoms with E-state index in [1.807, 2.05) is 0 Å². The highest BCUT2D eigenvalue weighted by atomic mass is 19.2. The van der Waals surface area contributed by atoms with Crippen LogP contribution in [0.1, 0.15) is 11.3 Å². The fourth-order valence-corrected chi connectivity index (χ4v) is 2.16. The van der Waals surface area contributed by atoms with Gasteiger partial charge in [-0.05, 0) is 25.1 Å². The molecule has 0 aliphatic rings. The van der Waals surface area contributed by atoms with E-state index in [-0.39, 0.29) is 12.2 Å². The summed E-state index contributed by atoms with van der Waals surface area (Å²) in [5.41, 5.74) is 0.289. The summed E-state index contributed by atoms with van der Waals surface area (Å²) in [6.07, 6.45) is 0.984. The number of aryl methyl sites for hydroxylation is 1. The first-order valence-electron chi connectivity index (χ1n) is 6.08. The number of hydrogen-bond acceptors (Lipinski definition) is 2. The summed E-state index contributed by atoms with van der Waals surface area (Å²) in [5.74, 6) is -3.82. The first-order chi connectivity index (χ1) is 9.97. The number of nitrogens with zero attached hydrogens (tertiary/aromatic N) is 3. The smallest absolute Gasteiger partial charge is 0.166 e. The lowest BCUT2D eigenvalue weighted by molar-refractivity contribution is 0.471. The number of pyridine rings is 1. The second-order valence-electron chi connectivity index (χ2n) is 4.59. The Bertz CT molecular complexity index is 842. The molecule has 2 aromatic heterocycles. The van der Waals surface area contributed by atoms with E-state index in [0.717, 1.165) is 12.3 Å². The molecule has 108 valence electrons. The molecule has 0 atom stereocenters. The Kier molecular flexibility index (Phi) is 3.12. The maximum absolute atomic E-state index is 13.7. The minimum atomic E-state index is -1.27. The fourth-order valence-electron chi connectivity index (χ4n) is 2.16. The van der Waals surface area contributed by atoms with Crippen molar-refractivity contribution in [1.82, 2.24) is 14.8 Å². The quantitative estimate of drug-likeness (QED) is 0.536. The van der Waals surface area contributed by atoms with Gasteiger partial charge in [0.15, 0.2) is 17.3 Å². The monoisotopic (exact) mass is 295 g/mol. The SMILES string of the molecule is Cc1nn(Cc2c(F)ccc(F)c2F)c2ncc(F)cc12. The zero-order valence-corrected chi connectivity index (χ0v) is 10.9. The van der Waals surface area contributed by atoms with Crippen LogP contribution in [-0.2, 0) is 6.54 Å². The Morgan fingerprint density at radius 3 is 2.57 bits per heavy atom. The molecule has 0 unspecified atom stereocenters. The lowest BCUT2D eigenvalue weighted by Gasteiger charge is -2.06. The van der Waals surface area contributed by atoms with Crippen molar-refractivity contribution < 1.29 is 17.6 Å². The summed E-state index contributed by atoms with van der Waals surface area (Å²) >= 11 is 0. The molecular weight excluding hydrogens is 286 g/mol. The van der Waals surface area contributed by atoms with E-state index in [1.165, 1.54) is 10.7 Å². The van der Waals surface area contributed by atoms with Gasteiger partial charge in [-0.1, -0.05) is 0 Å². The third-order valence-electron chi connectivity index (χ3n) is 3.19. The van der Waals surface area contributed by atoms with Gasteiger partial charge in [0, 0.05) is 10.9 Å². The van der Waals surface area contributed by atoms with Crippen molar-refractivity contribution in [2.24, 2.45) is 0 Å². The van der Waals surface area contributed by atoms with Crippen LogP contribution in [0.15, 0.2) is 24.4 Å². The number of hydrogen-bond donors (Lipinski definition) is 0. The van der Waals surface area contributed by atoms with Crippen molar-refractivity contribution in [2.75, 3.05) is 0 Å². The summed E-state index contributed by atoms with van der Waals surface area (Å²) < 4.78 is 54.9. The average molecular weight is 295 g/mol.